The van der Waals surface area contributed by atoms with E-state index in [0.717, 1.165) is 6.07 Å². The van der Waals surface area contributed by atoms with Crippen LogP contribution in [-0.4, -0.2) is 6.29 Å². The quantitative estimate of drug-likeness (QED) is 0.779. The lowest BCUT2D eigenvalue weighted by atomic mass is 10.2. The maximum Gasteiger partial charge on any atom is 0.184 e. The summed E-state index contributed by atoms with van der Waals surface area (Å²) in [6.07, 6.45) is 0.431. The fourth-order valence-electron chi connectivity index (χ4n) is 1.40. The van der Waals surface area contributed by atoms with Crippen LogP contribution in [0.5, 0.6) is 11.5 Å². The third-order valence-corrected chi connectivity index (χ3v) is 2.54. The highest BCUT2D eigenvalue weighted by Gasteiger charge is 2.14. The van der Waals surface area contributed by atoms with E-state index in [1.54, 1.807) is 0 Å². The lowest BCUT2D eigenvalue weighted by Gasteiger charge is -2.10. The molecule has 2 aromatic rings. The highest BCUT2D eigenvalue weighted by Crippen LogP contribution is 2.31. The van der Waals surface area contributed by atoms with E-state index in [2.05, 4.69) is 0 Å². The second-order valence-corrected chi connectivity index (χ2v) is 3.84. The van der Waals surface area contributed by atoms with Crippen molar-refractivity contribution in [2.45, 2.75) is 0 Å². The molecule has 0 heterocycles. The van der Waals surface area contributed by atoms with Crippen LogP contribution < -0.4 is 4.74 Å². The lowest BCUT2D eigenvalue weighted by Crippen LogP contribution is -1.96. The molecule has 0 aliphatic rings. The first-order chi connectivity index (χ1) is 8.63. The zero-order chi connectivity index (χ0) is 13.1. The molecule has 0 bridgehead atoms. The fourth-order valence-corrected chi connectivity index (χ4v) is 1.56. The number of rotatable bonds is 3. The molecule has 2 rings (SSSR count). The number of ether oxygens (including phenoxy) is 1. The van der Waals surface area contributed by atoms with E-state index < -0.39 is 11.6 Å². The summed E-state index contributed by atoms with van der Waals surface area (Å²) in [5, 5.41) is -0.142. The molecule has 0 aromatic heterocycles. The highest BCUT2D eigenvalue weighted by atomic mass is 35.5. The normalized spacial score (nSPS) is 10.2. The molecular formula is C13H7ClF2O2. The van der Waals surface area contributed by atoms with Crippen LogP contribution in [-0.2, 0) is 0 Å². The molecule has 0 atom stereocenters. The Balaban J connectivity index is 2.46. The molecule has 0 unspecified atom stereocenters. The maximum atomic E-state index is 13.6. The average Bonchev–Trinajstić information content (AvgIpc) is 2.37. The summed E-state index contributed by atoms with van der Waals surface area (Å²) >= 11 is 5.58. The van der Waals surface area contributed by atoms with E-state index in [9.17, 15) is 13.6 Å². The minimum Gasteiger partial charge on any atom is -0.450 e. The van der Waals surface area contributed by atoms with E-state index >= 15 is 0 Å². The van der Waals surface area contributed by atoms with E-state index in [1.165, 1.54) is 30.3 Å². The molecule has 0 radical (unpaired) electrons. The van der Waals surface area contributed by atoms with Crippen molar-refractivity contribution < 1.29 is 18.3 Å². The van der Waals surface area contributed by atoms with Gasteiger partial charge >= 0.3 is 0 Å². The van der Waals surface area contributed by atoms with Crippen molar-refractivity contribution in [1.29, 1.82) is 0 Å². The van der Waals surface area contributed by atoms with Gasteiger partial charge in [0.1, 0.15) is 0 Å². The van der Waals surface area contributed by atoms with Crippen molar-refractivity contribution in [3.63, 3.8) is 0 Å². The summed E-state index contributed by atoms with van der Waals surface area (Å²) in [6, 6.07) is 7.94. The molecule has 0 aliphatic carbocycles. The van der Waals surface area contributed by atoms with Crippen LogP contribution in [0.15, 0.2) is 36.4 Å². The van der Waals surface area contributed by atoms with Crippen LogP contribution >= 0.6 is 11.6 Å². The molecule has 92 valence electrons. The Kier molecular flexibility index (Phi) is 3.58. The maximum absolute atomic E-state index is 13.6. The van der Waals surface area contributed by atoms with Crippen molar-refractivity contribution in [3.05, 3.63) is 58.6 Å². The van der Waals surface area contributed by atoms with Crippen LogP contribution in [0.1, 0.15) is 10.4 Å². The summed E-state index contributed by atoms with van der Waals surface area (Å²) in [5.41, 5.74) is -0.00521. The summed E-state index contributed by atoms with van der Waals surface area (Å²) in [4.78, 5) is 10.8. The van der Waals surface area contributed by atoms with Crippen LogP contribution in [0.4, 0.5) is 8.78 Å². The number of hydrogen-bond donors (Lipinski definition) is 0. The number of benzene rings is 2. The van der Waals surface area contributed by atoms with E-state index in [1.807, 2.05) is 0 Å². The van der Waals surface area contributed by atoms with Gasteiger partial charge in [-0.3, -0.25) is 4.79 Å². The minimum absolute atomic E-state index is 0.00521. The Morgan fingerprint density at radius 2 is 1.83 bits per heavy atom. The second kappa shape index (κ2) is 5.14. The number of carbonyl (C=O) groups excluding carboxylic acids is 1. The number of aldehydes is 1. The molecule has 0 saturated heterocycles. The molecular weight excluding hydrogens is 262 g/mol. The summed E-state index contributed by atoms with van der Waals surface area (Å²) in [5.74, 6) is -2.12. The fraction of sp³-hybridized carbons (Fsp3) is 0. The number of para-hydroxylation sites is 1. The van der Waals surface area contributed by atoms with Crippen LogP contribution in [0, 0.1) is 11.6 Å². The van der Waals surface area contributed by atoms with Gasteiger partial charge in [-0.2, -0.15) is 0 Å². The Morgan fingerprint density at radius 1 is 1.11 bits per heavy atom. The molecule has 2 nitrogen and oxygen atoms in total. The SMILES string of the molecule is O=Cc1cccc(F)c1Oc1cccc(Cl)c1F. The first-order valence-corrected chi connectivity index (χ1v) is 5.37. The van der Waals surface area contributed by atoms with E-state index in [-0.39, 0.29) is 22.1 Å². The molecule has 0 fully saturated rings. The monoisotopic (exact) mass is 268 g/mol. The number of halogens is 3. The number of hydrogen-bond acceptors (Lipinski definition) is 2. The largest absolute Gasteiger partial charge is 0.450 e. The lowest BCUT2D eigenvalue weighted by molar-refractivity contribution is 0.112. The zero-order valence-corrected chi connectivity index (χ0v) is 9.75. The first-order valence-electron chi connectivity index (χ1n) is 4.99. The van der Waals surface area contributed by atoms with Crippen molar-refractivity contribution in [2.75, 3.05) is 0 Å². The van der Waals surface area contributed by atoms with E-state index in [0.29, 0.717) is 6.29 Å². The van der Waals surface area contributed by atoms with Gasteiger partial charge < -0.3 is 4.74 Å². The Morgan fingerprint density at radius 3 is 2.56 bits per heavy atom. The molecule has 0 amide bonds. The molecule has 0 saturated carbocycles. The van der Waals surface area contributed by atoms with Gasteiger partial charge in [0.15, 0.2) is 29.4 Å². The number of carbonyl (C=O) groups is 1. The molecule has 18 heavy (non-hydrogen) atoms. The average molecular weight is 269 g/mol. The van der Waals surface area contributed by atoms with Gasteiger partial charge in [-0.05, 0) is 24.3 Å². The van der Waals surface area contributed by atoms with E-state index in [4.69, 9.17) is 16.3 Å². The molecule has 0 aliphatic heterocycles. The predicted octanol–water partition coefficient (Wildman–Crippen LogP) is 4.22. The van der Waals surface area contributed by atoms with Crippen LogP contribution in [0.3, 0.4) is 0 Å². The van der Waals surface area contributed by atoms with Gasteiger partial charge in [0.2, 0.25) is 0 Å². The molecule has 0 N–H and O–H groups in total. The van der Waals surface area contributed by atoms with Crippen molar-refractivity contribution in [1.82, 2.24) is 0 Å². The van der Waals surface area contributed by atoms with Crippen molar-refractivity contribution in [3.8, 4) is 11.5 Å². The smallest absolute Gasteiger partial charge is 0.184 e. The van der Waals surface area contributed by atoms with Crippen molar-refractivity contribution in [2.24, 2.45) is 0 Å². The van der Waals surface area contributed by atoms with Crippen molar-refractivity contribution >= 4 is 17.9 Å². The summed E-state index contributed by atoms with van der Waals surface area (Å²) < 4.78 is 32.2. The van der Waals surface area contributed by atoms with Gasteiger partial charge in [0, 0.05) is 0 Å². The third-order valence-electron chi connectivity index (χ3n) is 2.25. The van der Waals surface area contributed by atoms with Gasteiger partial charge in [-0.15, -0.1) is 0 Å². The molecule has 0 spiro atoms. The highest BCUT2D eigenvalue weighted by molar-refractivity contribution is 6.30. The molecule has 2 aromatic carbocycles. The van der Waals surface area contributed by atoms with Crippen LogP contribution in [0.2, 0.25) is 5.02 Å². The zero-order valence-electron chi connectivity index (χ0n) is 8.99. The second-order valence-electron chi connectivity index (χ2n) is 3.43. The third kappa shape index (κ3) is 2.33. The Bertz CT molecular complexity index is 600. The first kappa shape index (κ1) is 12.5. The Hall–Kier alpha value is -1.94. The molecule has 5 heteroatoms. The Labute approximate surface area is 107 Å². The summed E-state index contributed by atoms with van der Waals surface area (Å²) in [7, 11) is 0. The van der Waals surface area contributed by atoms with Crippen LogP contribution in [0.25, 0.3) is 0 Å². The predicted molar refractivity (Wildman–Crippen MR) is 63.3 cm³/mol. The van der Waals surface area contributed by atoms with Gasteiger partial charge in [0.05, 0.1) is 10.6 Å². The minimum atomic E-state index is -0.806. The standard InChI is InChI=1S/C13H7ClF2O2/c14-9-4-2-6-11(12(9)16)18-13-8(7-17)3-1-5-10(13)15/h1-7H. The van der Waals surface area contributed by atoms with Gasteiger partial charge in [-0.1, -0.05) is 23.7 Å². The van der Waals surface area contributed by atoms with Gasteiger partial charge in [-0.25, -0.2) is 8.78 Å². The van der Waals surface area contributed by atoms with Gasteiger partial charge in [0.25, 0.3) is 0 Å². The topological polar surface area (TPSA) is 26.3 Å². The summed E-state index contributed by atoms with van der Waals surface area (Å²) in [6.45, 7) is 0.